The Bertz CT molecular complexity index is 1090. The Morgan fingerprint density at radius 1 is 1.16 bits per heavy atom. The molecule has 31 heavy (non-hydrogen) atoms. The molecule has 0 bridgehead atoms. The molecule has 0 spiro atoms. The summed E-state index contributed by atoms with van der Waals surface area (Å²) in [5.41, 5.74) is 6.98. The van der Waals surface area contributed by atoms with Gasteiger partial charge in [0.2, 0.25) is 0 Å². The standard InChI is InChI=1S/C23H23I2NO5/c1-3-13(2)30-20(27)12-19-21(15-6-4-5-7-18(15)31-19)22(28)14-10-16(24)23(17(25)11-14)29-9-8-26/h4-7,10-11,13H,3,8-9,12,26H2,1-2H3. The summed E-state index contributed by atoms with van der Waals surface area (Å²) in [5.74, 6) is 0.389. The number of nitrogens with two attached hydrogens (primary N) is 1. The van der Waals surface area contributed by atoms with Gasteiger partial charge in [-0.1, -0.05) is 25.1 Å². The molecule has 6 nitrogen and oxygen atoms in total. The van der Waals surface area contributed by atoms with Crippen LogP contribution in [0.2, 0.25) is 0 Å². The second-order valence-electron chi connectivity index (χ2n) is 7.02. The van der Waals surface area contributed by atoms with Gasteiger partial charge < -0.3 is 19.6 Å². The zero-order chi connectivity index (χ0) is 22.5. The minimum atomic E-state index is -0.419. The van der Waals surface area contributed by atoms with E-state index in [9.17, 15) is 9.59 Å². The van der Waals surface area contributed by atoms with E-state index in [0.29, 0.717) is 53.2 Å². The predicted molar refractivity (Wildman–Crippen MR) is 136 cm³/mol. The molecule has 1 heterocycles. The highest BCUT2D eigenvalue weighted by molar-refractivity contribution is 14.1. The number of carbonyl (C=O) groups is 2. The average molecular weight is 647 g/mol. The van der Waals surface area contributed by atoms with E-state index >= 15 is 0 Å². The molecule has 3 aromatic rings. The number of halogens is 2. The molecule has 0 radical (unpaired) electrons. The third kappa shape index (κ3) is 5.58. The van der Waals surface area contributed by atoms with Crippen molar-refractivity contribution in [3.8, 4) is 5.75 Å². The van der Waals surface area contributed by atoms with Crippen LogP contribution in [0.15, 0.2) is 40.8 Å². The minimum Gasteiger partial charge on any atom is -0.490 e. The number of carbonyl (C=O) groups excluding carboxylic acids is 2. The molecule has 1 unspecified atom stereocenters. The normalized spacial score (nSPS) is 12.0. The van der Waals surface area contributed by atoms with Crippen molar-refractivity contribution in [2.75, 3.05) is 13.2 Å². The van der Waals surface area contributed by atoms with Gasteiger partial charge in [0.1, 0.15) is 30.1 Å². The van der Waals surface area contributed by atoms with Crippen LogP contribution in [0.5, 0.6) is 5.75 Å². The predicted octanol–water partition coefficient (Wildman–Crippen LogP) is 5.09. The van der Waals surface area contributed by atoms with Crippen LogP contribution in [0.4, 0.5) is 0 Å². The fourth-order valence-electron chi connectivity index (χ4n) is 3.08. The van der Waals surface area contributed by atoms with E-state index < -0.39 is 5.97 Å². The van der Waals surface area contributed by atoms with Crippen molar-refractivity contribution in [3.05, 3.63) is 60.4 Å². The van der Waals surface area contributed by atoms with Gasteiger partial charge in [-0.2, -0.15) is 0 Å². The van der Waals surface area contributed by atoms with Gasteiger partial charge in [0, 0.05) is 17.5 Å². The zero-order valence-electron chi connectivity index (χ0n) is 17.2. The van der Waals surface area contributed by atoms with E-state index in [-0.39, 0.29) is 18.3 Å². The van der Waals surface area contributed by atoms with Gasteiger partial charge in [0.25, 0.3) is 0 Å². The molecule has 0 aliphatic rings. The lowest BCUT2D eigenvalue weighted by molar-refractivity contribution is -0.147. The van der Waals surface area contributed by atoms with Crippen LogP contribution in [-0.4, -0.2) is 31.0 Å². The molecule has 0 fully saturated rings. The number of esters is 1. The number of benzene rings is 2. The molecule has 1 aromatic heterocycles. The number of hydrogen-bond acceptors (Lipinski definition) is 6. The van der Waals surface area contributed by atoms with E-state index in [1.165, 1.54) is 0 Å². The van der Waals surface area contributed by atoms with Gasteiger partial charge in [-0.05, 0) is 76.7 Å². The number of rotatable bonds is 9. The molecule has 0 aliphatic carbocycles. The summed E-state index contributed by atoms with van der Waals surface area (Å²) in [6, 6.07) is 10.8. The summed E-state index contributed by atoms with van der Waals surface area (Å²) in [7, 11) is 0. The van der Waals surface area contributed by atoms with Crippen molar-refractivity contribution >= 4 is 67.9 Å². The van der Waals surface area contributed by atoms with Crippen LogP contribution in [0.1, 0.15) is 41.9 Å². The maximum Gasteiger partial charge on any atom is 0.313 e. The van der Waals surface area contributed by atoms with E-state index in [1.807, 2.05) is 32.0 Å². The molecule has 3 rings (SSSR count). The molecular weight excluding hydrogens is 624 g/mol. The maximum atomic E-state index is 13.6. The summed E-state index contributed by atoms with van der Waals surface area (Å²) in [4.78, 5) is 26.0. The molecule has 1 atom stereocenters. The molecule has 0 saturated carbocycles. The molecule has 164 valence electrons. The van der Waals surface area contributed by atoms with E-state index in [0.717, 1.165) is 7.14 Å². The zero-order valence-corrected chi connectivity index (χ0v) is 21.6. The molecule has 2 aromatic carbocycles. The summed E-state index contributed by atoms with van der Waals surface area (Å²) < 4.78 is 18.6. The van der Waals surface area contributed by atoms with Gasteiger partial charge in [-0.3, -0.25) is 9.59 Å². The van der Waals surface area contributed by atoms with E-state index in [2.05, 4.69) is 45.2 Å². The lowest BCUT2D eigenvalue weighted by atomic mass is 9.99. The van der Waals surface area contributed by atoms with Crippen molar-refractivity contribution in [1.29, 1.82) is 0 Å². The van der Waals surface area contributed by atoms with Crippen LogP contribution in [0.3, 0.4) is 0 Å². The van der Waals surface area contributed by atoms with Gasteiger partial charge in [-0.25, -0.2) is 0 Å². The summed E-state index contributed by atoms with van der Waals surface area (Å²) in [5, 5.41) is 0.673. The number of fused-ring (bicyclic) bond motifs is 1. The Labute approximate surface area is 208 Å². The quantitative estimate of drug-likeness (QED) is 0.198. The summed E-state index contributed by atoms with van der Waals surface area (Å²) in [6.07, 6.45) is 0.416. The van der Waals surface area contributed by atoms with Crippen molar-refractivity contribution < 1.29 is 23.5 Å². The fraction of sp³-hybridized carbons (Fsp3) is 0.304. The fourth-order valence-corrected chi connectivity index (χ4v) is 5.16. The van der Waals surface area contributed by atoms with E-state index in [1.54, 1.807) is 18.2 Å². The van der Waals surface area contributed by atoms with Crippen LogP contribution < -0.4 is 10.5 Å². The minimum absolute atomic E-state index is 0.105. The first-order valence-corrected chi connectivity index (χ1v) is 12.1. The van der Waals surface area contributed by atoms with Gasteiger partial charge >= 0.3 is 5.97 Å². The Morgan fingerprint density at radius 2 is 1.84 bits per heavy atom. The van der Waals surface area contributed by atoms with Crippen LogP contribution in [-0.2, 0) is 16.0 Å². The lowest BCUT2D eigenvalue weighted by Crippen LogP contribution is -2.17. The van der Waals surface area contributed by atoms with E-state index in [4.69, 9.17) is 19.6 Å². The maximum absolute atomic E-state index is 13.6. The van der Waals surface area contributed by atoms with Crippen LogP contribution in [0.25, 0.3) is 11.0 Å². The van der Waals surface area contributed by atoms with Crippen molar-refractivity contribution in [2.24, 2.45) is 5.73 Å². The summed E-state index contributed by atoms with van der Waals surface area (Å²) in [6.45, 7) is 4.58. The molecular formula is C23H23I2NO5. The van der Waals surface area contributed by atoms with Gasteiger partial charge in [0.05, 0.1) is 18.8 Å². The van der Waals surface area contributed by atoms with Crippen molar-refractivity contribution in [1.82, 2.24) is 0 Å². The number of ketones is 1. The largest absolute Gasteiger partial charge is 0.490 e. The Kier molecular flexibility index (Phi) is 8.34. The number of ether oxygens (including phenoxy) is 2. The van der Waals surface area contributed by atoms with Crippen molar-refractivity contribution in [3.63, 3.8) is 0 Å². The second kappa shape index (κ2) is 10.8. The molecule has 2 N–H and O–H groups in total. The highest BCUT2D eigenvalue weighted by Gasteiger charge is 2.25. The third-order valence-electron chi connectivity index (χ3n) is 4.73. The first-order chi connectivity index (χ1) is 14.8. The second-order valence-corrected chi connectivity index (χ2v) is 9.34. The summed E-state index contributed by atoms with van der Waals surface area (Å²) >= 11 is 4.29. The van der Waals surface area contributed by atoms with Gasteiger partial charge in [0.15, 0.2) is 5.78 Å². The highest BCUT2D eigenvalue weighted by atomic mass is 127. The van der Waals surface area contributed by atoms with Gasteiger partial charge in [-0.15, -0.1) is 0 Å². The molecule has 0 saturated heterocycles. The molecule has 0 aliphatic heterocycles. The molecule has 0 amide bonds. The van der Waals surface area contributed by atoms with Crippen molar-refractivity contribution in [2.45, 2.75) is 32.8 Å². The highest BCUT2D eigenvalue weighted by Crippen LogP contribution is 2.33. The number of para-hydroxylation sites is 1. The Balaban J connectivity index is 2.01. The smallest absolute Gasteiger partial charge is 0.313 e. The van der Waals surface area contributed by atoms with Crippen LogP contribution >= 0.6 is 45.2 Å². The SMILES string of the molecule is CCC(C)OC(=O)Cc1oc2ccccc2c1C(=O)c1cc(I)c(OCCN)c(I)c1. The topological polar surface area (TPSA) is 91.8 Å². The lowest BCUT2D eigenvalue weighted by Gasteiger charge is -2.12. The Morgan fingerprint density at radius 3 is 2.48 bits per heavy atom. The number of furan rings is 1. The average Bonchev–Trinajstić information content (AvgIpc) is 3.09. The molecule has 8 heteroatoms. The first kappa shape index (κ1) is 24.0. The monoisotopic (exact) mass is 647 g/mol. The third-order valence-corrected chi connectivity index (χ3v) is 6.34. The Hall–Kier alpha value is -1.66. The first-order valence-electron chi connectivity index (χ1n) is 9.92. The number of hydrogen-bond donors (Lipinski definition) is 1. The van der Waals surface area contributed by atoms with Crippen LogP contribution in [0, 0.1) is 7.14 Å².